The van der Waals surface area contributed by atoms with Gasteiger partial charge in [0, 0.05) is 16.1 Å². The number of esters is 1. The molecule has 6 heteroatoms. The van der Waals surface area contributed by atoms with Crippen LogP contribution in [0, 0.1) is 0 Å². The second-order valence-electron chi connectivity index (χ2n) is 4.90. The van der Waals surface area contributed by atoms with Gasteiger partial charge in [-0.05, 0) is 43.3 Å². The van der Waals surface area contributed by atoms with Crippen molar-refractivity contribution in [3.05, 3.63) is 64.3 Å². The highest BCUT2D eigenvalue weighted by atomic mass is 35.5. The van der Waals surface area contributed by atoms with Crippen LogP contribution in [0.5, 0.6) is 0 Å². The molecule has 0 aliphatic heterocycles. The van der Waals surface area contributed by atoms with Crippen LogP contribution in [0.25, 0.3) is 22.8 Å². The standard InChI is InChI=1S/C18H13Cl2NO3/c1-2-23-18(22)15-16(13-5-3-4-6-14(13)20)24-17(21-15)11-7-9-12(19)10-8-11/h3-10H,2H2,1H3. The van der Waals surface area contributed by atoms with Gasteiger partial charge in [-0.3, -0.25) is 0 Å². The first kappa shape index (κ1) is 16.6. The molecule has 3 aromatic rings. The summed E-state index contributed by atoms with van der Waals surface area (Å²) in [4.78, 5) is 16.5. The van der Waals surface area contributed by atoms with E-state index in [-0.39, 0.29) is 18.1 Å². The highest BCUT2D eigenvalue weighted by molar-refractivity contribution is 6.33. The predicted octanol–water partition coefficient (Wildman–Crippen LogP) is 5.49. The number of nitrogens with zero attached hydrogens (tertiary/aromatic N) is 1. The van der Waals surface area contributed by atoms with Gasteiger partial charge in [0.1, 0.15) is 0 Å². The summed E-state index contributed by atoms with van der Waals surface area (Å²) in [6.07, 6.45) is 0. The second kappa shape index (κ2) is 7.07. The Balaban J connectivity index is 2.14. The maximum atomic E-state index is 12.2. The van der Waals surface area contributed by atoms with E-state index < -0.39 is 5.97 Å². The lowest BCUT2D eigenvalue weighted by molar-refractivity contribution is 0.0520. The van der Waals surface area contributed by atoms with Crippen LogP contribution in [0.2, 0.25) is 10.0 Å². The predicted molar refractivity (Wildman–Crippen MR) is 93.4 cm³/mol. The molecule has 1 aromatic heterocycles. The molecule has 2 aromatic carbocycles. The number of ether oxygens (including phenoxy) is 1. The van der Waals surface area contributed by atoms with E-state index in [0.717, 1.165) is 0 Å². The highest BCUT2D eigenvalue weighted by Crippen LogP contribution is 2.34. The Labute approximate surface area is 149 Å². The molecule has 0 bridgehead atoms. The maximum Gasteiger partial charge on any atom is 0.361 e. The molecule has 0 N–H and O–H groups in total. The van der Waals surface area contributed by atoms with Gasteiger partial charge < -0.3 is 9.15 Å². The minimum absolute atomic E-state index is 0.0925. The van der Waals surface area contributed by atoms with Crippen LogP contribution in [0.15, 0.2) is 52.9 Å². The van der Waals surface area contributed by atoms with Crippen LogP contribution in [-0.4, -0.2) is 17.6 Å². The first-order chi connectivity index (χ1) is 11.6. The zero-order valence-corrected chi connectivity index (χ0v) is 14.3. The Kier molecular flexibility index (Phi) is 4.88. The lowest BCUT2D eigenvalue weighted by Gasteiger charge is -2.03. The van der Waals surface area contributed by atoms with E-state index in [1.54, 1.807) is 55.5 Å². The molecule has 0 atom stereocenters. The minimum atomic E-state index is -0.559. The number of carbonyl (C=O) groups is 1. The average Bonchev–Trinajstić information content (AvgIpc) is 3.01. The molecule has 0 spiro atoms. The molecule has 122 valence electrons. The van der Waals surface area contributed by atoms with Gasteiger partial charge >= 0.3 is 5.97 Å². The summed E-state index contributed by atoms with van der Waals surface area (Å²) in [6, 6.07) is 14.1. The van der Waals surface area contributed by atoms with Crippen molar-refractivity contribution in [2.45, 2.75) is 6.92 Å². The van der Waals surface area contributed by atoms with E-state index in [1.807, 2.05) is 0 Å². The van der Waals surface area contributed by atoms with Crippen molar-refractivity contribution in [3.8, 4) is 22.8 Å². The number of rotatable bonds is 4. The monoisotopic (exact) mass is 361 g/mol. The number of aromatic nitrogens is 1. The van der Waals surface area contributed by atoms with Crippen molar-refractivity contribution in [2.24, 2.45) is 0 Å². The van der Waals surface area contributed by atoms with Gasteiger partial charge in [0.05, 0.1) is 11.6 Å². The van der Waals surface area contributed by atoms with Gasteiger partial charge in [0.15, 0.2) is 11.5 Å². The van der Waals surface area contributed by atoms with Gasteiger partial charge in [-0.25, -0.2) is 9.78 Å². The number of hydrogen-bond donors (Lipinski definition) is 0. The van der Waals surface area contributed by atoms with Gasteiger partial charge in [0.2, 0.25) is 5.89 Å². The molecule has 0 fully saturated rings. The average molecular weight is 362 g/mol. The SMILES string of the molecule is CCOC(=O)c1nc(-c2ccc(Cl)cc2)oc1-c1ccccc1Cl. The van der Waals surface area contributed by atoms with E-state index in [4.69, 9.17) is 32.4 Å². The van der Waals surface area contributed by atoms with Crippen LogP contribution in [0.4, 0.5) is 0 Å². The largest absolute Gasteiger partial charge is 0.461 e. The quantitative estimate of drug-likeness (QED) is 0.576. The first-order valence-corrected chi connectivity index (χ1v) is 8.04. The zero-order chi connectivity index (χ0) is 17.1. The van der Waals surface area contributed by atoms with Crippen LogP contribution < -0.4 is 0 Å². The Morgan fingerprint density at radius 3 is 2.50 bits per heavy atom. The first-order valence-electron chi connectivity index (χ1n) is 7.29. The molecule has 0 amide bonds. The third-order valence-electron chi connectivity index (χ3n) is 3.31. The van der Waals surface area contributed by atoms with Crippen molar-refractivity contribution >= 4 is 29.2 Å². The van der Waals surface area contributed by atoms with E-state index in [1.165, 1.54) is 0 Å². The number of benzene rings is 2. The molecule has 0 saturated heterocycles. The van der Waals surface area contributed by atoms with Crippen LogP contribution in [-0.2, 0) is 4.74 Å². The molecule has 1 heterocycles. The molecule has 3 rings (SSSR count). The summed E-state index contributed by atoms with van der Waals surface area (Å²) in [6.45, 7) is 1.97. The summed E-state index contributed by atoms with van der Waals surface area (Å²) in [5.41, 5.74) is 1.37. The lowest BCUT2D eigenvalue weighted by Crippen LogP contribution is -2.06. The molecule has 0 saturated carbocycles. The molecule has 0 unspecified atom stereocenters. The molecule has 0 radical (unpaired) electrons. The highest BCUT2D eigenvalue weighted by Gasteiger charge is 2.24. The molecule has 24 heavy (non-hydrogen) atoms. The van der Waals surface area contributed by atoms with Crippen molar-refractivity contribution in [3.63, 3.8) is 0 Å². The molecule has 0 aliphatic rings. The van der Waals surface area contributed by atoms with Crippen LogP contribution in [0.3, 0.4) is 0 Å². The zero-order valence-electron chi connectivity index (χ0n) is 12.8. The van der Waals surface area contributed by atoms with Gasteiger partial charge in [-0.2, -0.15) is 0 Å². The normalized spacial score (nSPS) is 10.6. The summed E-state index contributed by atoms with van der Waals surface area (Å²) >= 11 is 12.1. The van der Waals surface area contributed by atoms with E-state index in [2.05, 4.69) is 4.98 Å². The Bertz CT molecular complexity index is 872. The topological polar surface area (TPSA) is 52.3 Å². The summed E-state index contributed by atoms with van der Waals surface area (Å²) in [5.74, 6) is 0.0185. The van der Waals surface area contributed by atoms with E-state index in [0.29, 0.717) is 27.1 Å². The molecule has 4 nitrogen and oxygen atoms in total. The summed E-state index contributed by atoms with van der Waals surface area (Å²) in [5, 5.41) is 1.06. The molecular weight excluding hydrogens is 349 g/mol. The van der Waals surface area contributed by atoms with Crippen molar-refractivity contribution in [1.82, 2.24) is 4.98 Å². The Morgan fingerprint density at radius 2 is 1.83 bits per heavy atom. The van der Waals surface area contributed by atoms with Crippen LogP contribution >= 0.6 is 23.2 Å². The number of oxazole rings is 1. The second-order valence-corrected chi connectivity index (χ2v) is 5.75. The van der Waals surface area contributed by atoms with Crippen molar-refractivity contribution in [2.75, 3.05) is 6.61 Å². The fourth-order valence-electron chi connectivity index (χ4n) is 2.20. The fraction of sp³-hybridized carbons (Fsp3) is 0.111. The molecule has 0 aliphatic carbocycles. The Morgan fingerprint density at radius 1 is 1.12 bits per heavy atom. The number of hydrogen-bond acceptors (Lipinski definition) is 4. The fourth-order valence-corrected chi connectivity index (χ4v) is 2.55. The van der Waals surface area contributed by atoms with Gasteiger partial charge in [-0.1, -0.05) is 35.3 Å². The van der Waals surface area contributed by atoms with E-state index in [9.17, 15) is 4.79 Å². The summed E-state index contributed by atoms with van der Waals surface area (Å²) in [7, 11) is 0. The summed E-state index contributed by atoms with van der Waals surface area (Å²) < 4.78 is 10.9. The van der Waals surface area contributed by atoms with Gasteiger partial charge in [0.25, 0.3) is 0 Å². The number of halogens is 2. The maximum absolute atomic E-state index is 12.2. The third-order valence-corrected chi connectivity index (χ3v) is 3.89. The molecular formula is C18H13Cl2NO3. The van der Waals surface area contributed by atoms with Crippen molar-refractivity contribution in [1.29, 1.82) is 0 Å². The number of carbonyl (C=O) groups excluding carboxylic acids is 1. The van der Waals surface area contributed by atoms with Crippen LogP contribution in [0.1, 0.15) is 17.4 Å². The smallest absolute Gasteiger partial charge is 0.361 e. The third kappa shape index (κ3) is 3.30. The Hall–Kier alpha value is -2.30. The minimum Gasteiger partial charge on any atom is -0.461 e. The lowest BCUT2D eigenvalue weighted by atomic mass is 10.1. The van der Waals surface area contributed by atoms with Crippen molar-refractivity contribution < 1.29 is 13.9 Å². The van der Waals surface area contributed by atoms with E-state index >= 15 is 0 Å². The van der Waals surface area contributed by atoms with Gasteiger partial charge in [-0.15, -0.1) is 0 Å².